The van der Waals surface area contributed by atoms with Crippen LogP contribution in [0.5, 0.6) is 5.75 Å². The molecule has 0 aliphatic carbocycles. The van der Waals surface area contributed by atoms with Gasteiger partial charge >= 0.3 is 13.9 Å². The van der Waals surface area contributed by atoms with E-state index in [0.29, 0.717) is 11.4 Å². The van der Waals surface area contributed by atoms with Crippen LogP contribution in [0.2, 0.25) is 0 Å². The molecule has 0 saturated carbocycles. The minimum atomic E-state index is -3.74. The summed E-state index contributed by atoms with van der Waals surface area (Å²) in [5.41, 5.74) is 3.71. The van der Waals surface area contributed by atoms with E-state index in [1.165, 1.54) is 0 Å². The minimum absolute atomic E-state index is 0.173. The Balaban J connectivity index is 1.63. The van der Waals surface area contributed by atoms with Crippen LogP contribution < -0.4 is 15.2 Å². The standard InChI is InChI=1S/C24H32N5O5P/c1-5-8-9-20-17-29(28-27-20)21-13-11-19(12-14-21)25-24(30)26-23-16-22(15-10-18(23)4)34-35(31,32-6-2)33-7-3/h10-17H,5-9H2,1-4H3,(H2,25,26,30). The quantitative estimate of drug-likeness (QED) is 0.287. The molecule has 3 aromatic rings. The van der Waals surface area contributed by atoms with Crippen LogP contribution in [-0.4, -0.2) is 34.2 Å². The number of carbonyl (C=O) groups excluding carboxylic acids is 1. The molecule has 35 heavy (non-hydrogen) atoms. The van der Waals surface area contributed by atoms with Crippen molar-refractivity contribution in [3.8, 4) is 11.4 Å². The molecule has 0 aliphatic rings. The average Bonchev–Trinajstić information content (AvgIpc) is 3.29. The van der Waals surface area contributed by atoms with Gasteiger partial charge in [0.2, 0.25) is 0 Å². The summed E-state index contributed by atoms with van der Waals surface area (Å²) in [5, 5.41) is 14.0. The summed E-state index contributed by atoms with van der Waals surface area (Å²) in [4.78, 5) is 12.6. The molecular formula is C24H32N5O5P. The normalized spacial score (nSPS) is 11.3. The van der Waals surface area contributed by atoms with Crippen molar-refractivity contribution in [2.24, 2.45) is 0 Å². The van der Waals surface area contributed by atoms with Crippen molar-refractivity contribution in [2.45, 2.75) is 47.0 Å². The van der Waals surface area contributed by atoms with Gasteiger partial charge in [0.1, 0.15) is 5.75 Å². The number of nitrogens with zero attached hydrogens (tertiary/aromatic N) is 3. The number of phosphoric acid groups is 1. The van der Waals surface area contributed by atoms with Gasteiger partial charge in [0.15, 0.2) is 0 Å². The van der Waals surface area contributed by atoms with Gasteiger partial charge in [0.05, 0.1) is 30.8 Å². The third-order valence-electron chi connectivity index (χ3n) is 4.97. The van der Waals surface area contributed by atoms with Crippen molar-refractivity contribution < 1.29 is 22.9 Å². The minimum Gasteiger partial charge on any atom is -0.404 e. The van der Waals surface area contributed by atoms with Crippen LogP contribution in [0.3, 0.4) is 0 Å². The average molecular weight is 502 g/mol. The molecule has 2 aromatic carbocycles. The Hall–Kier alpha value is -3.20. The summed E-state index contributed by atoms with van der Waals surface area (Å²) in [5.74, 6) is 0.256. The monoisotopic (exact) mass is 501 g/mol. The third kappa shape index (κ3) is 7.65. The number of phosphoric ester groups is 1. The second kappa shape index (κ2) is 12.5. The molecule has 0 radical (unpaired) electrons. The Morgan fingerprint density at radius 3 is 2.40 bits per heavy atom. The number of hydrogen-bond acceptors (Lipinski definition) is 7. The predicted molar refractivity (Wildman–Crippen MR) is 135 cm³/mol. The molecule has 0 fully saturated rings. The lowest BCUT2D eigenvalue weighted by Crippen LogP contribution is -2.20. The largest absolute Gasteiger partial charge is 0.530 e. The Morgan fingerprint density at radius 2 is 1.74 bits per heavy atom. The Kier molecular flexibility index (Phi) is 9.42. The fourth-order valence-corrected chi connectivity index (χ4v) is 4.39. The highest BCUT2D eigenvalue weighted by Gasteiger charge is 2.27. The first-order chi connectivity index (χ1) is 16.9. The maximum Gasteiger partial charge on any atom is 0.530 e. The first-order valence-corrected chi connectivity index (χ1v) is 13.1. The van der Waals surface area contributed by atoms with Crippen molar-refractivity contribution >= 4 is 25.2 Å². The van der Waals surface area contributed by atoms with E-state index in [1.54, 1.807) is 48.9 Å². The van der Waals surface area contributed by atoms with Gasteiger partial charge in [0.25, 0.3) is 0 Å². The second-order valence-electron chi connectivity index (χ2n) is 7.73. The topological polar surface area (TPSA) is 117 Å². The maximum atomic E-state index is 12.6. The van der Waals surface area contributed by atoms with Gasteiger partial charge in [0, 0.05) is 17.4 Å². The van der Waals surface area contributed by atoms with Crippen LogP contribution in [0.4, 0.5) is 16.2 Å². The number of amides is 2. The first kappa shape index (κ1) is 26.4. The molecule has 1 aromatic heterocycles. The summed E-state index contributed by atoms with van der Waals surface area (Å²) in [6, 6.07) is 11.8. The molecular weight excluding hydrogens is 469 g/mol. The number of benzene rings is 2. The summed E-state index contributed by atoms with van der Waals surface area (Å²) in [6.07, 6.45) is 4.99. The zero-order chi connectivity index (χ0) is 25.3. The molecule has 0 atom stereocenters. The zero-order valence-electron chi connectivity index (χ0n) is 20.5. The fraction of sp³-hybridized carbons (Fsp3) is 0.375. The smallest absolute Gasteiger partial charge is 0.404 e. The van der Waals surface area contributed by atoms with Crippen LogP contribution in [0, 0.1) is 6.92 Å². The molecule has 188 valence electrons. The van der Waals surface area contributed by atoms with Gasteiger partial charge in [-0.2, -0.15) is 0 Å². The van der Waals surface area contributed by atoms with Gasteiger partial charge in [-0.1, -0.05) is 24.6 Å². The molecule has 10 nitrogen and oxygen atoms in total. The SMILES string of the molecule is CCCCc1cn(-c2ccc(NC(=O)Nc3cc(OP(=O)(OCC)OCC)ccc3C)cc2)nn1. The molecule has 0 spiro atoms. The van der Waals surface area contributed by atoms with Crippen LogP contribution in [-0.2, 0) is 20.0 Å². The third-order valence-corrected chi connectivity index (χ3v) is 6.55. The van der Waals surface area contributed by atoms with Crippen molar-refractivity contribution in [1.82, 2.24) is 15.0 Å². The van der Waals surface area contributed by atoms with Crippen LogP contribution >= 0.6 is 7.82 Å². The van der Waals surface area contributed by atoms with Gasteiger partial charge in [-0.05, 0) is 69.5 Å². The molecule has 0 bridgehead atoms. The number of aromatic nitrogens is 3. The van der Waals surface area contributed by atoms with Gasteiger partial charge < -0.3 is 15.2 Å². The number of unbranched alkanes of at least 4 members (excludes halogenated alkanes) is 1. The fourth-order valence-electron chi connectivity index (χ4n) is 3.21. The number of rotatable bonds is 12. The van der Waals surface area contributed by atoms with E-state index in [0.717, 1.165) is 36.2 Å². The Labute approximate surface area is 205 Å². The van der Waals surface area contributed by atoms with E-state index in [1.807, 2.05) is 25.3 Å². The summed E-state index contributed by atoms with van der Waals surface area (Å²) in [6.45, 7) is 7.72. The molecule has 0 aliphatic heterocycles. The van der Waals surface area contributed by atoms with Crippen LogP contribution in [0.25, 0.3) is 5.69 Å². The summed E-state index contributed by atoms with van der Waals surface area (Å²) >= 11 is 0. The zero-order valence-corrected chi connectivity index (χ0v) is 21.4. The Bertz CT molecular complexity index is 1160. The van der Waals surface area contributed by atoms with Crippen molar-refractivity contribution in [3.05, 3.63) is 59.9 Å². The van der Waals surface area contributed by atoms with Crippen molar-refractivity contribution in [2.75, 3.05) is 23.8 Å². The van der Waals surface area contributed by atoms with E-state index < -0.39 is 13.9 Å². The highest BCUT2D eigenvalue weighted by molar-refractivity contribution is 7.48. The number of carbonyl (C=O) groups is 1. The number of urea groups is 1. The van der Waals surface area contributed by atoms with Crippen LogP contribution in [0.1, 0.15) is 44.9 Å². The Morgan fingerprint density at radius 1 is 1.03 bits per heavy atom. The number of aryl methyl sites for hydroxylation is 2. The molecule has 0 saturated heterocycles. The molecule has 3 rings (SSSR count). The predicted octanol–water partition coefficient (Wildman–Crippen LogP) is 6.12. The second-order valence-corrected chi connectivity index (χ2v) is 9.33. The van der Waals surface area contributed by atoms with Crippen molar-refractivity contribution in [1.29, 1.82) is 0 Å². The highest BCUT2D eigenvalue weighted by atomic mass is 31.2. The van der Waals surface area contributed by atoms with E-state index in [4.69, 9.17) is 13.6 Å². The number of anilines is 2. The molecule has 0 unspecified atom stereocenters. The van der Waals surface area contributed by atoms with Gasteiger partial charge in [-0.3, -0.25) is 9.05 Å². The first-order valence-electron chi connectivity index (χ1n) is 11.6. The van der Waals surface area contributed by atoms with E-state index in [-0.39, 0.29) is 19.0 Å². The molecule has 2 N–H and O–H groups in total. The van der Waals surface area contributed by atoms with Crippen molar-refractivity contribution in [3.63, 3.8) is 0 Å². The number of hydrogen-bond donors (Lipinski definition) is 2. The highest BCUT2D eigenvalue weighted by Crippen LogP contribution is 2.49. The summed E-state index contributed by atoms with van der Waals surface area (Å²) < 4.78 is 30.2. The molecule has 1 heterocycles. The van der Waals surface area contributed by atoms with E-state index in [9.17, 15) is 9.36 Å². The van der Waals surface area contributed by atoms with Gasteiger partial charge in [-0.25, -0.2) is 14.0 Å². The van der Waals surface area contributed by atoms with Crippen LogP contribution in [0.15, 0.2) is 48.7 Å². The van der Waals surface area contributed by atoms with E-state index >= 15 is 0 Å². The lowest BCUT2D eigenvalue weighted by Gasteiger charge is -2.18. The summed E-state index contributed by atoms with van der Waals surface area (Å²) in [7, 11) is -3.74. The lowest BCUT2D eigenvalue weighted by atomic mass is 10.2. The van der Waals surface area contributed by atoms with E-state index in [2.05, 4.69) is 27.9 Å². The maximum absolute atomic E-state index is 12.6. The molecule has 2 amide bonds. The van der Waals surface area contributed by atoms with Gasteiger partial charge in [-0.15, -0.1) is 5.10 Å². The lowest BCUT2D eigenvalue weighted by molar-refractivity contribution is 0.167. The number of nitrogens with one attached hydrogen (secondary N) is 2. The molecule has 11 heteroatoms.